The molecule has 2 heterocycles. The number of azide groups is 1. The molecule has 14 nitrogen and oxygen atoms in total. The maximum atomic E-state index is 16.0. The predicted octanol–water partition coefficient (Wildman–Crippen LogP) is 4.70. The van der Waals surface area contributed by atoms with Crippen molar-refractivity contribution in [2.75, 3.05) is 32.8 Å². The number of hydrogen-bond donors (Lipinski definition) is 5. The Hall–Kier alpha value is -5.45. The Morgan fingerprint density at radius 1 is 1.14 bits per heavy atom. The number of carboxylic acid groups (broad SMARTS) is 1. The summed E-state index contributed by atoms with van der Waals surface area (Å²) in [5.41, 5.74) is 6.60. The standard InChI is InChI=1S/C32H31F3N8O6S/c1-17(25-11-19(14-50-25)27(36)41-30(47)48)40-29(46)24-12-31(33,16-49-9-8-39-42-37)15-43(24)26(44)13-38-28(45)18-6-7-23-21(10-18)20-4-2-3-5-22(20)32(23,34)35/h2-7,10-11,14,17,24H,8-9,12-13,15-16H2,1H3,(H2,36,41)(H,38,45)(H,40,46)(H,47,48)/t17-,24+,31-/m1/s1. The number of fused-ring (bicyclic) bond motifs is 3. The van der Waals surface area contributed by atoms with Crippen molar-refractivity contribution in [3.05, 3.63) is 91.5 Å². The van der Waals surface area contributed by atoms with Gasteiger partial charge in [0, 0.05) is 50.4 Å². The average Bonchev–Trinajstić information content (AvgIpc) is 3.77. The van der Waals surface area contributed by atoms with Crippen molar-refractivity contribution in [2.24, 2.45) is 5.11 Å². The van der Waals surface area contributed by atoms with Crippen LogP contribution in [0.4, 0.5) is 18.0 Å². The Labute approximate surface area is 286 Å². The molecule has 3 aromatic rings. The normalized spacial score (nSPS) is 19.0. The number of hydrogen-bond acceptors (Lipinski definition) is 8. The zero-order valence-electron chi connectivity index (χ0n) is 26.4. The number of amidine groups is 1. The Balaban J connectivity index is 1.28. The zero-order chi connectivity index (χ0) is 36.2. The fourth-order valence-corrected chi connectivity index (χ4v) is 6.80. The Morgan fingerprint density at radius 3 is 2.62 bits per heavy atom. The lowest BCUT2D eigenvalue weighted by atomic mass is 10.0. The van der Waals surface area contributed by atoms with Crippen molar-refractivity contribution in [1.82, 2.24) is 20.9 Å². The van der Waals surface area contributed by atoms with Gasteiger partial charge in [-0.2, -0.15) is 8.78 Å². The molecule has 0 bridgehead atoms. The molecule has 2 aliphatic rings. The van der Waals surface area contributed by atoms with E-state index in [1.54, 1.807) is 13.0 Å². The summed E-state index contributed by atoms with van der Waals surface area (Å²) < 4.78 is 51.3. The summed E-state index contributed by atoms with van der Waals surface area (Å²) in [6.45, 7) is -0.244. The van der Waals surface area contributed by atoms with Gasteiger partial charge in [-0.1, -0.05) is 35.4 Å². The molecule has 1 aliphatic carbocycles. The molecule has 4 amide bonds. The fraction of sp³-hybridized carbons (Fsp3) is 0.344. The molecule has 3 atom stereocenters. The van der Waals surface area contributed by atoms with E-state index in [1.165, 1.54) is 41.8 Å². The van der Waals surface area contributed by atoms with Gasteiger partial charge in [-0.3, -0.25) is 25.1 Å². The lowest BCUT2D eigenvalue weighted by molar-refractivity contribution is -0.138. The summed E-state index contributed by atoms with van der Waals surface area (Å²) >= 11 is 1.15. The second-order valence-electron chi connectivity index (χ2n) is 11.7. The molecule has 1 fully saturated rings. The maximum Gasteiger partial charge on any atom is 0.410 e. The number of halogens is 3. The summed E-state index contributed by atoms with van der Waals surface area (Å²) in [6, 6.07) is 9.17. The van der Waals surface area contributed by atoms with Crippen LogP contribution < -0.4 is 16.0 Å². The van der Waals surface area contributed by atoms with Crippen LogP contribution in [0, 0.1) is 5.41 Å². The molecule has 0 unspecified atom stereocenters. The van der Waals surface area contributed by atoms with E-state index in [9.17, 15) is 28.0 Å². The molecule has 5 N–H and O–H groups in total. The first kappa shape index (κ1) is 35.8. The van der Waals surface area contributed by atoms with Crippen molar-refractivity contribution in [2.45, 2.75) is 37.0 Å². The minimum Gasteiger partial charge on any atom is -0.465 e. The summed E-state index contributed by atoms with van der Waals surface area (Å²) in [5.74, 6) is -5.84. The van der Waals surface area contributed by atoms with Crippen molar-refractivity contribution in [3.63, 3.8) is 0 Å². The molecule has 2 aromatic carbocycles. The highest BCUT2D eigenvalue weighted by atomic mass is 32.1. The van der Waals surface area contributed by atoms with Crippen LogP contribution in [-0.4, -0.2) is 84.2 Å². The predicted molar refractivity (Wildman–Crippen MR) is 175 cm³/mol. The van der Waals surface area contributed by atoms with Crippen molar-refractivity contribution in [3.8, 4) is 11.1 Å². The largest absolute Gasteiger partial charge is 0.465 e. The van der Waals surface area contributed by atoms with Gasteiger partial charge < -0.3 is 25.4 Å². The van der Waals surface area contributed by atoms with Gasteiger partial charge in [-0.15, -0.1) is 11.3 Å². The third kappa shape index (κ3) is 7.56. The number of carbonyl (C=O) groups excluding carboxylic acids is 3. The molecular weight excluding hydrogens is 681 g/mol. The first-order chi connectivity index (χ1) is 23.7. The van der Waals surface area contributed by atoms with E-state index in [0.29, 0.717) is 4.88 Å². The van der Waals surface area contributed by atoms with Gasteiger partial charge in [0.05, 0.1) is 32.3 Å². The fourth-order valence-electron chi connectivity index (χ4n) is 5.89. The van der Waals surface area contributed by atoms with Crippen LogP contribution >= 0.6 is 11.3 Å². The van der Waals surface area contributed by atoms with Crippen LogP contribution in [0.3, 0.4) is 0 Å². The zero-order valence-corrected chi connectivity index (χ0v) is 27.2. The number of nitrogens with zero attached hydrogens (tertiary/aromatic N) is 4. The number of nitrogens with one attached hydrogen (secondary N) is 4. The van der Waals surface area contributed by atoms with Gasteiger partial charge in [0.25, 0.3) is 11.8 Å². The van der Waals surface area contributed by atoms with Crippen LogP contribution in [0.5, 0.6) is 0 Å². The minimum atomic E-state index is -3.24. The number of thiophene rings is 1. The maximum absolute atomic E-state index is 16.0. The number of benzene rings is 2. The van der Waals surface area contributed by atoms with E-state index >= 15 is 4.39 Å². The van der Waals surface area contributed by atoms with Crippen molar-refractivity contribution < 1.29 is 42.2 Å². The van der Waals surface area contributed by atoms with Gasteiger partial charge in [-0.05, 0) is 41.8 Å². The Kier molecular flexibility index (Phi) is 10.4. The molecule has 1 aliphatic heterocycles. The third-order valence-corrected chi connectivity index (χ3v) is 9.39. The first-order valence-corrected chi connectivity index (χ1v) is 16.1. The van der Waals surface area contributed by atoms with Crippen molar-refractivity contribution >= 4 is 41.0 Å². The number of rotatable bonds is 12. The Morgan fingerprint density at radius 2 is 1.88 bits per heavy atom. The van der Waals surface area contributed by atoms with E-state index in [-0.39, 0.29) is 52.4 Å². The summed E-state index contributed by atoms with van der Waals surface area (Å²) in [4.78, 5) is 55.1. The monoisotopic (exact) mass is 712 g/mol. The second-order valence-corrected chi connectivity index (χ2v) is 12.7. The number of likely N-dealkylation sites (tertiary alicyclic amines) is 1. The van der Waals surface area contributed by atoms with Gasteiger partial charge in [0.2, 0.25) is 11.8 Å². The Bertz CT molecular complexity index is 1900. The van der Waals surface area contributed by atoms with Crippen LogP contribution in [-0.2, 0) is 20.2 Å². The van der Waals surface area contributed by atoms with E-state index in [1.807, 2.05) is 5.32 Å². The summed E-state index contributed by atoms with van der Waals surface area (Å²) in [6.07, 6.45) is -1.86. The third-order valence-electron chi connectivity index (χ3n) is 8.27. The van der Waals surface area contributed by atoms with E-state index in [0.717, 1.165) is 22.3 Å². The minimum absolute atomic E-state index is 0.0174. The molecular formula is C32H31F3N8O6S. The molecule has 262 valence electrons. The number of carbonyl (C=O) groups is 4. The van der Waals surface area contributed by atoms with E-state index in [2.05, 4.69) is 20.7 Å². The van der Waals surface area contributed by atoms with Gasteiger partial charge in [0.1, 0.15) is 11.9 Å². The lowest BCUT2D eigenvalue weighted by Gasteiger charge is -2.25. The SMILES string of the molecule is C[C@@H](NC(=O)[C@@H]1C[C@](F)(COCCN=[N+]=[N-])CN1C(=O)CNC(=O)c1ccc2c(c1)-c1ccccc1C2(F)F)c1cc(C(=N)NC(=O)O)cs1. The van der Waals surface area contributed by atoms with Crippen LogP contribution in [0.25, 0.3) is 21.6 Å². The topological polar surface area (TPSA) is 210 Å². The van der Waals surface area contributed by atoms with Crippen LogP contribution in [0.1, 0.15) is 51.3 Å². The molecule has 0 radical (unpaired) electrons. The molecule has 50 heavy (non-hydrogen) atoms. The first-order valence-electron chi connectivity index (χ1n) is 15.2. The molecule has 0 saturated carbocycles. The summed E-state index contributed by atoms with van der Waals surface area (Å²) in [5, 5.41) is 28.7. The molecule has 1 saturated heterocycles. The number of alkyl halides is 3. The number of ether oxygens (including phenoxy) is 1. The second kappa shape index (κ2) is 14.6. The molecule has 0 spiro atoms. The lowest BCUT2D eigenvalue weighted by Crippen LogP contribution is -2.49. The molecule has 18 heteroatoms. The highest BCUT2D eigenvalue weighted by molar-refractivity contribution is 7.10. The highest BCUT2D eigenvalue weighted by Gasteiger charge is 2.50. The van der Waals surface area contributed by atoms with E-state index < -0.39 is 73.6 Å². The molecule has 5 rings (SSSR count). The van der Waals surface area contributed by atoms with Gasteiger partial charge in [0.15, 0.2) is 5.67 Å². The summed E-state index contributed by atoms with van der Waals surface area (Å²) in [7, 11) is 0. The average molecular weight is 713 g/mol. The quantitative estimate of drug-likeness (QED) is 0.0448. The van der Waals surface area contributed by atoms with E-state index in [4.69, 9.17) is 20.8 Å². The molecule has 1 aromatic heterocycles. The van der Waals surface area contributed by atoms with Crippen LogP contribution in [0.2, 0.25) is 0 Å². The highest BCUT2D eigenvalue weighted by Crippen LogP contribution is 2.51. The van der Waals surface area contributed by atoms with Crippen LogP contribution in [0.15, 0.2) is 59.0 Å². The smallest absolute Gasteiger partial charge is 0.410 e. The van der Waals surface area contributed by atoms with Crippen molar-refractivity contribution in [1.29, 1.82) is 5.41 Å². The van der Waals surface area contributed by atoms with Gasteiger partial charge in [-0.25, -0.2) is 9.18 Å². The number of amides is 4. The van der Waals surface area contributed by atoms with Gasteiger partial charge >= 0.3 is 6.09 Å².